The fourth-order valence-electron chi connectivity index (χ4n) is 3.65. The number of piperazine rings is 1. The fourth-order valence-corrected chi connectivity index (χ4v) is 3.65. The van der Waals surface area contributed by atoms with Crippen molar-refractivity contribution in [3.63, 3.8) is 0 Å². The van der Waals surface area contributed by atoms with Crippen molar-refractivity contribution in [2.75, 3.05) is 26.2 Å². The molecule has 1 fully saturated rings. The first-order valence-corrected chi connectivity index (χ1v) is 9.84. The largest absolute Gasteiger partial charge is 0.504 e. The van der Waals surface area contributed by atoms with Crippen molar-refractivity contribution >= 4 is 5.91 Å². The summed E-state index contributed by atoms with van der Waals surface area (Å²) in [5.74, 6) is -0.950. The molecule has 1 aromatic heterocycles. The Kier molecular flexibility index (Phi) is 5.69. The van der Waals surface area contributed by atoms with Crippen molar-refractivity contribution < 1.29 is 23.1 Å². The van der Waals surface area contributed by atoms with Gasteiger partial charge in [0.15, 0.2) is 11.4 Å². The molecule has 6 nitrogen and oxygen atoms in total. The average molecular weight is 430 g/mol. The topological polar surface area (TPSA) is 61.6 Å². The lowest BCUT2D eigenvalue weighted by Gasteiger charge is -2.34. The maximum atomic E-state index is 13.3. The molecule has 0 radical (unpaired) electrons. The minimum atomic E-state index is -4.59. The van der Waals surface area contributed by atoms with Gasteiger partial charge in [0.25, 0.3) is 5.91 Å². The number of carbonyl (C=O) groups excluding carboxylic acids is 1. The number of carbonyl (C=O) groups is 1. The van der Waals surface area contributed by atoms with E-state index < -0.39 is 23.4 Å². The van der Waals surface area contributed by atoms with Gasteiger partial charge < -0.3 is 10.0 Å². The first-order valence-electron chi connectivity index (χ1n) is 9.84. The first kappa shape index (κ1) is 20.9. The van der Waals surface area contributed by atoms with Gasteiger partial charge in [0, 0.05) is 32.7 Å². The standard InChI is InChI=1S/C22H21F3N4O2/c23-22(24,25)17-8-4-5-9-18(17)29-15-19(30)20(26-29)21(31)28-12-10-27(11-13-28)14-16-6-2-1-3-7-16/h1-9,15,30H,10-14H2. The molecule has 2 aromatic carbocycles. The average Bonchev–Trinajstić information content (AvgIpc) is 3.15. The monoisotopic (exact) mass is 430 g/mol. The Labute approximate surface area is 177 Å². The van der Waals surface area contributed by atoms with Gasteiger partial charge in [0.1, 0.15) is 0 Å². The Morgan fingerprint density at radius 3 is 2.29 bits per heavy atom. The maximum absolute atomic E-state index is 13.3. The molecule has 1 saturated heterocycles. The van der Waals surface area contributed by atoms with Crippen LogP contribution >= 0.6 is 0 Å². The fraction of sp³-hybridized carbons (Fsp3) is 0.273. The first-order chi connectivity index (χ1) is 14.8. The lowest BCUT2D eigenvalue weighted by Crippen LogP contribution is -2.48. The zero-order chi connectivity index (χ0) is 22.0. The van der Waals surface area contributed by atoms with Crippen molar-refractivity contribution in [2.24, 2.45) is 0 Å². The number of rotatable bonds is 4. The number of nitrogens with zero attached hydrogens (tertiary/aromatic N) is 4. The zero-order valence-electron chi connectivity index (χ0n) is 16.6. The van der Waals surface area contributed by atoms with Crippen LogP contribution in [-0.2, 0) is 12.7 Å². The summed E-state index contributed by atoms with van der Waals surface area (Å²) in [7, 11) is 0. The number of aromatic hydroxyl groups is 1. The van der Waals surface area contributed by atoms with Gasteiger partial charge >= 0.3 is 6.18 Å². The van der Waals surface area contributed by atoms with Crippen molar-refractivity contribution in [2.45, 2.75) is 12.7 Å². The maximum Gasteiger partial charge on any atom is 0.418 e. The Balaban J connectivity index is 1.47. The van der Waals surface area contributed by atoms with E-state index in [1.54, 1.807) is 4.90 Å². The van der Waals surface area contributed by atoms with Crippen molar-refractivity contribution in [1.29, 1.82) is 0 Å². The van der Waals surface area contributed by atoms with E-state index >= 15 is 0 Å². The Bertz CT molecular complexity index is 1060. The van der Waals surface area contributed by atoms with Gasteiger partial charge in [0.05, 0.1) is 17.4 Å². The van der Waals surface area contributed by atoms with E-state index in [0.29, 0.717) is 26.2 Å². The van der Waals surface area contributed by atoms with Gasteiger partial charge in [-0.1, -0.05) is 42.5 Å². The molecular formula is C22H21F3N4O2. The second kappa shape index (κ2) is 8.43. The molecule has 4 rings (SSSR count). The lowest BCUT2D eigenvalue weighted by molar-refractivity contribution is -0.137. The van der Waals surface area contributed by atoms with Gasteiger partial charge in [-0.05, 0) is 17.7 Å². The molecule has 0 aliphatic carbocycles. The van der Waals surface area contributed by atoms with Gasteiger partial charge in [-0.3, -0.25) is 9.69 Å². The molecule has 0 saturated carbocycles. The molecule has 162 valence electrons. The highest BCUT2D eigenvalue weighted by Crippen LogP contribution is 2.34. The van der Waals surface area contributed by atoms with Gasteiger partial charge in [-0.25, -0.2) is 4.68 Å². The van der Waals surface area contributed by atoms with Crippen LogP contribution in [0.25, 0.3) is 5.69 Å². The van der Waals surface area contributed by atoms with Crippen LogP contribution in [0.15, 0.2) is 60.8 Å². The minimum absolute atomic E-state index is 0.253. The highest BCUT2D eigenvalue weighted by Gasteiger charge is 2.34. The van der Waals surface area contributed by atoms with E-state index in [2.05, 4.69) is 10.00 Å². The van der Waals surface area contributed by atoms with E-state index in [-0.39, 0.29) is 11.4 Å². The summed E-state index contributed by atoms with van der Waals surface area (Å²) >= 11 is 0. The Morgan fingerprint density at radius 2 is 1.61 bits per heavy atom. The predicted octanol–water partition coefficient (Wildman–Crippen LogP) is 3.55. The quantitative estimate of drug-likeness (QED) is 0.688. The molecule has 0 unspecified atom stereocenters. The van der Waals surface area contributed by atoms with Crippen molar-refractivity contribution in [3.05, 3.63) is 77.6 Å². The molecule has 0 bridgehead atoms. The number of benzene rings is 2. The van der Waals surface area contributed by atoms with Crippen molar-refractivity contribution in [1.82, 2.24) is 19.6 Å². The SMILES string of the molecule is O=C(c1nn(-c2ccccc2C(F)(F)F)cc1O)N1CCN(Cc2ccccc2)CC1. The summed E-state index contributed by atoms with van der Waals surface area (Å²) < 4.78 is 40.8. The summed E-state index contributed by atoms with van der Waals surface area (Å²) in [5.41, 5.74) is -0.224. The molecule has 0 atom stereocenters. The summed E-state index contributed by atoms with van der Waals surface area (Å²) in [6.07, 6.45) is -3.55. The molecule has 1 aliphatic heterocycles. The zero-order valence-corrected chi connectivity index (χ0v) is 16.6. The molecule has 1 N–H and O–H groups in total. The molecular weight excluding hydrogens is 409 g/mol. The summed E-state index contributed by atoms with van der Waals surface area (Å²) in [5, 5.41) is 14.2. The molecule has 2 heterocycles. The van der Waals surface area contributed by atoms with E-state index in [4.69, 9.17) is 0 Å². The van der Waals surface area contributed by atoms with Crippen LogP contribution in [-0.4, -0.2) is 56.8 Å². The van der Waals surface area contributed by atoms with Gasteiger partial charge in [0.2, 0.25) is 0 Å². The van der Waals surface area contributed by atoms with Crippen LogP contribution < -0.4 is 0 Å². The molecule has 3 aromatic rings. The smallest absolute Gasteiger partial charge is 0.418 e. The number of halogens is 3. The highest BCUT2D eigenvalue weighted by atomic mass is 19.4. The number of para-hydroxylation sites is 1. The second-order valence-corrected chi connectivity index (χ2v) is 7.38. The molecule has 1 amide bonds. The van der Waals surface area contributed by atoms with Crippen LogP contribution in [0.3, 0.4) is 0 Å². The van der Waals surface area contributed by atoms with Gasteiger partial charge in [-0.2, -0.15) is 18.3 Å². The van der Waals surface area contributed by atoms with Crippen LogP contribution in [0.5, 0.6) is 5.75 Å². The predicted molar refractivity (Wildman–Crippen MR) is 108 cm³/mol. The number of aromatic nitrogens is 2. The molecule has 1 aliphatic rings. The van der Waals surface area contributed by atoms with Crippen LogP contribution in [0.1, 0.15) is 21.6 Å². The second-order valence-electron chi connectivity index (χ2n) is 7.38. The Hall–Kier alpha value is -3.33. The van der Waals surface area contributed by atoms with E-state index in [1.807, 2.05) is 30.3 Å². The van der Waals surface area contributed by atoms with Crippen LogP contribution in [0, 0.1) is 0 Å². The molecule has 9 heteroatoms. The van der Waals surface area contributed by atoms with E-state index in [0.717, 1.165) is 23.5 Å². The van der Waals surface area contributed by atoms with Crippen LogP contribution in [0.2, 0.25) is 0 Å². The normalized spacial score (nSPS) is 15.3. The molecule has 31 heavy (non-hydrogen) atoms. The summed E-state index contributed by atoms with van der Waals surface area (Å²) in [6, 6.07) is 14.9. The lowest BCUT2D eigenvalue weighted by atomic mass is 10.2. The van der Waals surface area contributed by atoms with Gasteiger partial charge in [-0.15, -0.1) is 0 Å². The third-order valence-corrected chi connectivity index (χ3v) is 5.26. The van der Waals surface area contributed by atoms with E-state index in [1.165, 1.54) is 23.8 Å². The summed E-state index contributed by atoms with van der Waals surface area (Å²) in [6.45, 7) is 2.96. The van der Waals surface area contributed by atoms with E-state index in [9.17, 15) is 23.1 Å². The third kappa shape index (κ3) is 4.56. The van der Waals surface area contributed by atoms with Crippen LogP contribution in [0.4, 0.5) is 13.2 Å². The molecule has 0 spiro atoms. The Morgan fingerprint density at radius 1 is 0.968 bits per heavy atom. The number of hydrogen-bond acceptors (Lipinski definition) is 4. The third-order valence-electron chi connectivity index (χ3n) is 5.26. The minimum Gasteiger partial charge on any atom is -0.504 e. The summed E-state index contributed by atoms with van der Waals surface area (Å²) in [4.78, 5) is 16.6. The highest BCUT2D eigenvalue weighted by molar-refractivity contribution is 5.95. The number of hydrogen-bond donors (Lipinski definition) is 1. The van der Waals surface area contributed by atoms with Crippen molar-refractivity contribution in [3.8, 4) is 11.4 Å². The number of alkyl halides is 3. The number of amides is 1.